The summed E-state index contributed by atoms with van der Waals surface area (Å²) in [5.74, 6) is 3.60. The van der Waals surface area contributed by atoms with Crippen LogP contribution in [-0.4, -0.2) is 20.4 Å². The van der Waals surface area contributed by atoms with E-state index < -0.39 is 27.5 Å². The molecular weight excluding hydrogens is 262 g/mol. The lowest BCUT2D eigenvalue weighted by Crippen LogP contribution is -2.31. The summed E-state index contributed by atoms with van der Waals surface area (Å²) in [5, 5.41) is 0. The zero-order valence-corrected chi connectivity index (χ0v) is 11.0. The SMILES string of the molecule is Cc1ccc(F)c(C(CCS(C)(=O)=O)NN)c1F. The Morgan fingerprint density at radius 1 is 1.39 bits per heavy atom. The predicted molar refractivity (Wildman–Crippen MR) is 65.5 cm³/mol. The standard InChI is InChI=1S/C11H16F2N2O2S/c1-7-3-4-8(12)10(11(7)13)9(15-14)5-6-18(2,16)17/h3-4,9,15H,5-6,14H2,1-2H3. The van der Waals surface area contributed by atoms with Gasteiger partial charge in [-0.05, 0) is 25.0 Å². The molecule has 0 bridgehead atoms. The third kappa shape index (κ3) is 3.72. The van der Waals surface area contributed by atoms with Crippen LogP contribution in [0.15, 0.2) is 12.1 Å². The molecule has 1 aromatic carbocycles. The van der Waals surface area contributed by atoms with Gasteiger partial charge in [0.15, 0.2) is 0 Å². The van der Waals surface area contributed by atoms with Crippen molar-refractivity contribution in [2.45, 2.75) is 19.4 Å². The first kappa shape index (κ1) is 15.0. The maximum absolute atomic E-state index is 13.8. The fraction of sp³-hybridized carbons (Fsp3) is 0.455. The van der Waals surface area contributed by atoms with Crippen molar-refractivity contribution in [3.8, 4) is 0 Å². The van der Waals surface area contributed by atoms with Gasteiger partial charge in [-0.1, -0.05) is 6.07 Å². The number of benzene rings is 1. The molecule has 1 aromatic rings. The number of hydrogen-bond donors (Lipinski definition) is 2. The normalized spacial score (nSPS) is 13.6. The number of rotatable bonds is 5. The van der Waals surface area contributed by atoms with E-state index in [1.165, 1.54) is 13.0 Å². The summed E-state index contributed by atoms with van der Waals surface area (Å²) in [5.41, 5.74) is 2.32. The summed E-state index contributed by atoms with van der Waals surface area (Å²) in [6, 6.07) is 1.58. The maximum atomic E-state index is 13.8. The molecule has 0 amide bonds. The molecule has 0 aliphatic rings. The molecule has 4 nitrogen and oxygen atoms in total. The second-order valence-electron chi connectivity index (χ2n) is 4.23. The Balaban J connectivity index is 3.06. The third-order valence-corrected chi connectivity index (χ3v) is 3.62. The first-order valence-electron chi connectivity index (χ1n) is 5.34. The molecule has 0 spiro atoms. The van der Waals surface area contributed by atoms with E-state index >= 15 is 0 Å². The number of aryl methyl sites for hydroxylation is 1. The van der Waals surface area contributed by atoms with E-state index in [-0.39, 0.29) is 23.3 Å². The molecule has 18 heavy (non-hydrogen) atoms. The molecule has 7 heteroatoms. The average Bonchev–Trinajstić information content (AvgIpc) is 2.27. The number of halogens is 2. The zero-order chi connectivity index (χ0) is 13.9. The lowest BCUT2D eigenvalue weighted by molar-refractivity contribution is 0.462. The van der Waals surface area contributed by atoms with Crippen LogP contribution < -0.4 is 11.3 Å². The molecule has 3 N–H and O–H groups in total. The second-order valence-corrected chi connectivity index (χ2v) is 6.49. The molecule has 0 fully saturated rings. The molecular formula is C11H16F2N2O2S. The molecule has 0 saturated heterocycles. The van der Waals surface area contributed by atoms with Gasteiger partial charge in [0.1, 0.15) is 21.5 Å². The molecule has 0 saturated carbocycles. The molecule has 0 radical (unpaired) electrons. The smallest absolute Gasteiger partial charge is 0.147 e. The van der Waals surface area contributed by atoms with Gasteiger partial charge < -0.3 is 0 Å². The topological polar surface area (TPSA) is 72.2 Å². The van der Waals surface area contributed by atoms with Gasteiger partial charge in [0, 0.05) is 11.8 Å². The Bertz CT molecular complexity index is 532. The van der Waals surface area contributed by atoms with Gasteiger partial charge in [0.05, 0.1) is 11.8 Å². The molecule has 0 aliphatic carbocycles. The number of sulfone groups is 1. The van der Waals surface area contributed by atoms with Gasteiger partial charge in [-0.25, -0.2) is 17.2 Å². The van der Waals surface area contributed by atoms with E-state index in [4.69, 9.17) is 5.84 Å². The van der Waals surface area contributed by atoms with Gasteiger partial charge in [0.2, 0.25) is 0 Å². The van der Waals surface area contributed by atoms with Gasteiger partial charge in [0.25, 0.3) is 0 Å². The van der Waals surface area contributed by atoms with Gasteiger partial charge in [-0.3, -0.25) is 11.3 Å². The van der Waals surface area contributed by atoms with Crippen molar-refractivity contribution in [3.63, 3.8) is 0 Å². The fourth-order valence-electron chi connectivity index (χ4n) is 1.64. The Hall–Kier alpha value is -1.05. The van der Waals surface area contributed by atoms with Crippen LogP contribution in [0.25, 0.3) is 0 Å². The molecule has 0 heterocycles. The highest BCUT2D eigenvalue weighted by Gasteiger charge is 2.21. The van der Waals surface area contributed by atoms with Crippen LogP contribution in [0.3, 0.4) is 0 Å². The van der Waals surface area contributed by atoms with E-state index in [0.29, 0.717) is 0 Å². The van der Waals surface area contributed by atoms with Crippen molar-refractivity contribution in [1.29, 1.82) is 0 Å². The fourth-order valence-corrected chi connectivity index (χ4v) is 2.30. The third-order valence-electron chi connectivity index (χ3n) is 2.65. The van der Waals surface area contributed by atoms with Crippen LogP contribution in [0.2, 0.25) is 0 Å². The molecule has 1 rings (SSSR count). The van der Waals surface area contributed by atoms with Crippen molar-refractivity contribution in [3.05, 3.63) is 34.9 Å². The molecule has 0 aromatic heterocycles. The first-order valence-corrected chi connectivity index (χ1v) is 7.40. The minimum atomic E-state index is -3.21. The summed E-state index contributed by atoms with van der Waals surface area (Å²) in [6.07, 6.45) is 1.07. The lowest BCUT2D eigenvalue weighted by atomic mass is 10.0. The van der Waals surface area contributed by atoms with E-state index in [2.05, 4.69) is 5.43 Å². The van der Waals surface area contributed by atoms with E-state index in [9.17, 15) is 17.2 Å². The van der Waals surface area contributed by atoms with E-state index in [1.54, 1.807) is 0 Å². The van der Waals surface area contributed by atoms with Crippen molar-refractivity contribution < 1.29 is 17.2 Å². The Morgan fingerprint density at radius 2 is 2.00 bits per heavy atom. The summed E-state index contributed by atoms with van der Waals surface area (Å²) in [7, 11) is -3.21. The molecule has 1 atom stereocenters. The highest BCUT2D eigenvalue weighted by atomic mass is 32.2. The van der Waals surface area contributed by atoms with Crippen LogP contribution in [-0.2, 0) is 9.84 Å². The monoisotopic (exact) mass is 278 g/mol. The Labute approximate surface area is 105 Å². The van der Waals surface area contributed by atoms with Crippen molar-refractivity contribution in [1.82, 2.24) is 5.43 Å². The second kappa shape index (κ2) is 5.73. The minimum Gasteiger partial charge on any atom is -0.271 e. The van der Waals surface area contributed by atoms with Crippen LogP contribution in [0.1, 0.15) is 23.6 Å². The van der Waals surface area contributed by atoms with Gasteiger partial charge in [-0.15, -0.1) is 0 Å². The van der Waals surface area contributed by atoms with E-state index in [0.717, 1.165) is 12.3 Å². The zero-order valence-electron chi connectivity index (χ0n) is 10.2. The van der Waals surface area contributed by atoms with Crippen LogP contribution in [0.5, 0.6) is 0 Å². The molecule has 0 aliphatic heterocycles. The molecule has 102 valence electrons. The van der Waals surface area contributed by atoms with Crippen LogP contribution in [0.4, 0.5) is 8.78 Å². The van der Waals surface area contributed by atoms with Crippen LogP contribution in [0, 0.1) is 18.6 Å². The van der Waals surface area contributed by atoms with Crippen molar-refractivity contribution >= 4 is 9.84 Å². The van der Waals surface area contributed by atoms with Crippen molar-refractivity contribution in [2.75, 3.05) is 12.0 Å². The highest BCUT2D eigenvalue weighted by molar-refractivity contribution is 7.90. The summed E-state index contributed by atoms with van der Waals surface area (Å²) in [6.45, 7) is 1.50. The summed E-state index contributed by atoms with van der Waals surface area (Å²) >= 11 is 0. The first-order chi connectivity index (χ1) is 8.26. The quantitative estimate of drug-likeness (QED) is 0.627. The Morgan fingerprint density at radius 3 is 2.50 bits per heavy atom. The minimum absolute atomic E-state index is 0.00657. The number of hydrazine groups is 1. The maximum Gasteiger partial charge on any atom is 0.147 e. The van der Waals surface area contributed by atoms with Gasteiger partial charge >= 0.3 is 0 Å². The highest BCUT2D eigenvalue weighted by Crippen LogP contribution is 2.25. The van der Waals surface area contributed by atoms with Crippen molar-refractivity contribution in [2.24, 2.45) is 5.84 Å². The number of nitrogens with one attached hydrogen (secondary N) is 1. The average molecular weight is 278 g/mol. The van der Waals surface area contributed by atoms with Gasteiger partial charge in [-0.2, -0.15) is 0 Å². The predicted octanol–water partition coefficient (Wildman–Crippen LogP) is 1.21. The van der Waals surface area contributed by atoms with E-state index in [1.807, 2.05) is 0 Å². The van der Waals surface area contributed by atoms with Crippen LogP contribution >= 0.6 is 0 Å². The number of hydrogen-bond acceptors (Lipinski definition) is 4. The summed E-state index contributed by atoms with van der Waals surface area (Å²) in [4.78, 5) is 0. The summed E-state index contributed by atoms with van der Waals surface area (Å²) < 4.78 is 49.6. The number of nitrogens with two attached hydrogens (primary N) is 1. The Kier molecular flexibility index (Phi) is 4.78. The largest absolute Gasteiger partial charge is 0.271 e. The lowest BCUT2D eigenvalue weighted by Gasteiger charge is -2.18. The molecule has 1 unspecified atom stereocenters.